The number of thiophene rings is 1. The maximum atomic E-state index is 12.7. The lowest BCUT2D eigenvalue weighted by atomic mass is 10.2. The number of hydrogen-bond acceptors (Lipinski definition) is 4. The van der Waals surface area contributed by atoms with Crippen LogP contribution < -0.4 is 5.43 Å². The molecular formula is C13H9FN2O3S. The van der Waals surface area contributed by atoms with Gasteiger partial charge in [0.15, 0.2) is 0 Å². The number of hydrogen-bond donors (Lipinski definition) is 2. The van der Waals surface area contributed by atoms with Crippen LogP contribution in [0.15, 0.2) is 41.5 Å². The molecule has 20 heavy (non-hydrogen) atoms. The number of carboxylic acid groups (broad SMARTS) is 1. The monoisotopic (exact) mass is 292 g/mol. The van der Waals surface area contributed by atoms with Crippen LogP contribution in [0.4, 0.5) is 4.39 Å². The van der Waals surface area contributed by atoms with Crippen molar-refractivity contribution in [3.8, 4) is 0 Å². The molecule has 2 N–H and O–H groups in total. The Kier molecular flexibility index (Phi) is 4.21. The fraction of sp³-hybridized carbons (Fsp3) is 0. The van der Waals surface area contributed by atoms with E-state index in [4.69, 9.17) is 5.11 Å². The summed E-state index contributed by atoms with van der Waals surface area (Å²) in [6, 6.07) is 8.08. The minimum Gasteiger partial charge on any atom is -0.477 e. The van der Waals surface area contributed by atoms with E-state index in [0.29, 0.717) is 4.88 Å². The SMILES string of the molecule is O=C(NN=Cc1ccc(C(=O)O)s1)c1ccc(F)cc1. The summed E-state index contributed by atoms with van der Waals surface area (Å²) in [6.45, 7) is 0. The van der Waals surface area contributed by atoms with E-state index in [2.05, 4.69) is 10.5 Å². The molecule has 0 aliphatic carbocycles. The Hall–Kier alpha value is -2.54. The molecule has 1 amide bonds. The van der Waals surface area contributed by atoms with Crippen LogP contribution >= 0.6 is 11.3 Å². The van der Waals surface area contributed by atoms with Gasteiger partial charge >= 0.3 is 5.97 Å². The Morgan fingerprint density at radius 1 is 1.20 bits per heavy atom. The van der Waals surface area contributed by atoms with Gasteiger partial charge in [0.2, 0.25) is 0 Å². The molecule has 0 aliphatic heterocycles. The van der Waals surface area contributed by atoms with Gasteiger partial charge in [0, 0.05) is 10.4 Å². The zero-order chi connectivity index (χ0) is 14.5. The molecule has 1 heterocycles. The first-order valence-electron chi connectivity index (χ1n) is 5.48. The molecule has 0 spiro atoms. The molecule has 0 radical (unpaired) electrons. The number of amides is 1. The number of benzene rings is 1. The summed E-state index contributed by atoms with van der Waals surface area (Å²) >= 11 is 1.04. The number of halogens is 1. The van der Waals surface area contributed by atoms with Crippen molar-refractivity contribution in [3.05, 3.63) is 57.5 Å². The molecular weight excluding hydrogens is 283 g/mol. The van der Waals surface area contributed by atoms with E-state index < -0.39 is 17.7 Å². The summed E-state index contributed by atoms with van der Waals surface area (Å²) < 4.78 is 12.7. The predicted molar refractivity (Wildman–Crippen MR) is 72.7 cm³/mol. The highest BCUT2D eigenvalue weighted by atomic mass is 32.1. The molecule has 0 fully saturated rings. The van der Waals surface area contributed by atoms with E-state index in [1.54, 1.807) is 6.07 Å². The lowest BCUT2D eigenvalue weighted by Gasteiger charge is -1.98. The molecule has 102 valence electrons. The van der Waals surface area contributed by atoms with E-state index in [1.807, 2.05) is 0 Å². The van der Waals surface area contributed by atoms with Crippen LogP contribution in [0.3, 0.4) is 0 Å². The van der Waals surface area contributed by atoms with Crippen molar-refractivity contribution in [2.24, 2.45) is 5.10 Å². The standard InChI is InChI=1S/C13H9FN2O3S/c14-9-3-1-8(2-4-9)12(17)16-15-7-10-5-6-11(20-10)13(18)19/h1-7H,(H,16,17)(H,18,19). The Bertz CT molecular complexity index is 665. The first kappa shape index (κ1) is 13.9. The number of hydrazone groups is 1. The molecule has 1 aromatic heterocycles. The highest BCUT2D eigenvalue weighted by Gasteiger charge is 2.06. The fourth-order valence-electron chi connectivity index (χ4n) is 1.36. The van der Waals surface area contributed by atoms with Crippen molar-refractivity contribution in [2.75, 3.05) is 0 Å². The maximum Gasteiger partial charge on any atom is 0.345 e. The van der Waals surface area contributed by atoms with Gasteiger partial charge in [0.05, 0.1) is 6.21 Å². The van der Waals surface area contributed by atoms with Gasteiger partial charge in [-0.3, -0.25) is 4.79 Å². The molecule has 7 heteroatoms. The molecule has 0 unspecified atom stereocenters. The van der Waals surface area contributed by atoms with Crippen LogP contribution in [-0.4, -0.2) is 23.2 Å². The minimum atomic E-state index is -1.01. The Labute approximate surface area is 117 Å². The lowest BCUT2D eigenvalue weighted by molar-refractivity contribution is 0.0702. The Morgan fingerprint density at radius 2 is 1.90 bits per heavy atom. The minimum absolute atomic E-state index is 0.191. The number of aromatic carboxylic acids is 1. The largest absolute Gasteiger partial charge is 0.477 e. The van der Waals surface area contributed by atoms with Gasteiger partial charge in [0.1, 0.15) is 10.7 Å². The fourth-order valence-corrected chi connectivity index (χ4v) is 2.08. The Morgan fingerprint density at radius 3 is 2.50 bits per heavy atom. The van der Waals surface area contributed by atoms with Crippen molar-refractivity contribution in [1.29, 1.82) is 0 Å². The van der Waals surface area contributed by atoms with E-state index in [1.165, 1.54) is 36.5 Å². The van der Waals surface area contributed by atoms with Gasteiger partial charge < -0.3 is 5.11 Å². The van der Waals surface area contributed by atoms with E-state index in [0.717, 1.165) is 11.3 Å². The third-order valence-electron chi connectivity index (χ3n) is 2.30. The average Bonchev–Trinajstić information content (AvgIpc) is 2.88. The molecule has 1 aromatic carbocycles. The molecule has 0 aliphatic rings. The van der Waals surface area contributed by atoms with Crippen LogP contribution in [0.25, 0.3) is 0 Å². The second-order valence-corrected chi connectivity index (χ2v) is 4.83. The van der Waals surface area contributed by atoms with Crippen molar-refractivity contribution in [3.63, 3.8) is 0 Å². The molecule has 2 aromatic rings. The average molecular weight is 292 g/mol. The normalized spacial score (nSPS) is 10.7. The smallest absolute Gasteiger partial charge is 0.345 e. The first-order chi connectivity index (χ1) is 9.56. The summed E-state index contributed by atoms with van der Waals surface area (Å²) in [5.74, 6) is -1.91. The zero-order valence-corrected chi connectivity index (χ0v) is 10.9. The van der Waals surface area contributed by atoms with Crippen LogP contribution in [0.1, 0.15) is 24.9 Å². The number of carbonyl (C=O) groups is 2. The number of carboxylic acids is 1. The molecule has 0 saturated heterocycles. The first-order valence-corrected chi connectivity index (χ1v) is 6.30. The highest BCUT2D eigenvalue weighted by Crippen LogP contribution is 2.14. The lowest BCUT2D eigenvalue weighted by Crippen LogP contribution is -2.17. The maximum absolute atomic E-state index is 12.7. The summed E-state index contributed by atoms with van der Waals surface area (Å²) in [6.07, 6.45) is 1.35. The number of nitrogens with one attached hydrogen (secondary N) is 1. The molecule has 0 saturated carbocycles. The van der Waals surface area contributed by atoms with Gasteiger partial charge in [-0.25, -0.2) is 14.6 Å². The van der Waals surface area contributed by atoms with Crippen LogP contribution in [0.5, 0.6) is 0 Å². The van der Waals surface area contributed by atoms with E-state index in [-0.39, 0.29) is 10.4 Å². The van der Waals surface area contributed by atoms with Crippen molar-refractivity contribution < 1.29 is 19.1 Å². The topological polar surface area (TPSA) is 78.8 Å². The van der Waals surface area contributed by atoms with Gasteiger partial charge in [-0.1, -0.05) is 0 Å². The van der Waals surface area contributed by atoms with Crippen molar-refractivity contribution >= 4 is 29.4 Å². The van der Waals surface area contributed by atoms with Crippen molar-refractivity contribution in [1.82, 2.24) is 5.43 Å². The number of carbonyl (C=O) groups excluding carboxylic acids is 1. The predicted octanol–water partition coefficient (Wildman–Crippen LogP) is 2.35. The third kappa shape index (κ3) is 3.48. The molecule has 0 bridgehead atoms. The summed E-state index contributed by atoms with van der Waals surface area (Å²) in [5, 5.41) is 12.5. The van der Waals surface area contributed by atoms with Crippen LogP contribution in [0, 0.1) is 5.82 Å². The van der Waals surface area contributed by atoms with Gasteiger partial charge in [0.25, 0.3) is 5.91 Å². The van der Waals surface area contributed by atoms with E-state index in [9.17, 15) is 14.0 Å². The Balaban J connectivity index is 1.97. The number of nitrogens with zero attached hydrogens (tertiary/aromatic N) is 1. The molecule has 0 atom stereocenters. The molecule has 5 nitrogen and oxygen atoms in total. The second-order valence-electron chi connectivity index (χ2n) is 3.71. The third-order valence-corrected chi connectivity index (χ3v) is 3.31. The highest BCUT2D eigenvalue weighted by molar-refractivity contribution is 7.15. The van der Waals surface area contributed by atoms with Gasteiger partial charge in [-0.2, -0.15) is 5.10 Å². The van der Waals surface area contributed by atoms with Gasteiger partial charge in [-0.05, 0) is 36.4 Å². The summed E-state index contributed by atoms with van der Waals surface area (Å²) in [7, 11) is 0. The number of rotatable bonds is 4. The second kappa shape index (κ2) is 6.07. The molecule has 2 rings (SSSR count). The van der Waals surface area contributed by atoms with Crippen LogP contribution in [-0.2, 0) is 0 Å². The summed E-state index contributed by atoms with van der Waals surface area (Å²) in [5.41, 5.74) is 2.55. The van der Waals surface area contributed by atoms with Gasteiger partial charge in [-0.15, -0.1) is 11.3 Å². The van der Waals surface area contributed by atoms with Crippen molar-refractivity contribution in [2.45, 2.75) is 0 Å². The quantitative estimate of drug-likeness (QED) is 0.670. The van der Waals surface area contributed by atoms with E-state index >= 15 is 0 Å². The van der Waals surface area contributed by atoms with Crippen LogP contribution in [0.2, 0.25) is 0 Å². The zero-order valence-electron chi connectivity index (χ0n) is 10.0. The summed E-state index contributed by atoms with van der Waals surface area (Å²) in [4.78, 5) is 23.1.